The molecule has 1 aliphatic carbocycles. The summed E-state index contributed by atoms with van der Waals surface area (Å²) in [5, 5.41) is 3.96. The standard InChI is InChI=1S/C13H13BrN2O2/c1-7-4-9(11-6-12(15)18-16-11)13(10(14)5-7)17-8-2-3-8/h4-6,8H,2-3,15H2,1H3. The van der Waals surface area contributed by atoms with E-state index in [0.29, 0.717) is 17.7 Å². The van der Waals surface area contributed by atoms with E-state index in [0.717, 1.165) is 34.2 Å². The van der Waals surface area contributed by atoms with E-state index < -0.39 is 0 Å². The van der Waals surface area contributed by atoms with E-state index in [1.165, 1.54) is 0 Å². The summed E-state index contributed by atoms with van der Waals surface area (Å²) in [5.74, 6) is 1.12. The van der Waals surface area contributed by atoms with Crippen LogP contribution in [0, 0.1) is 6.92 Å². The van der Waals surface area contributed by atoms with Crippen molar-refractivity contribution in [1.82, 2.24) is 5.16 Å². The van der Waals surface area contributed by atoms with Gasteiger partial charge in [0, 0.05) is 11.6 Å². The van der Waals surface area contributed by atoms with Crippen LogP contribution in [-0.4, -0.2) is 11.3 Å². The lowest BCUT2D eigenvalue weighted by Gasteiger charge is -2.12. The fourth-order valence-electron chi connectivity index (χ4n) is 1.81. The van der Waals surface area contributed by atoms with Crippen molar-refractivity contribution >= 4 is 21.8 Å². The zero-order valence-electron chi connectivity index (χ0n) is 9.94. The molecule has 0 atom stereocenters. The maximum absolute atomic E-state index is 5.94. The van der Waals surface area contributed by atoms with Gasteiger partial charge in [-0.1, -0.05) is 5.16 Å². The smallest absolute Gasteiger partial charge is 0.222 e. The quantitative estimate of drug-likeness (QED) is 0.942. The minimum Gasteiger partial charge on any atom is -0.489 e. The summed E-state index contributed by atoms with van der Waals surface area (Å²) in [6.45, 7) is 2.03. The predicted octanol–water partition coefficient (Wildman–Crippen LogP) is 3.54. The molecule has 4 nitrogen and oxygen atoms in total. The second kappa shape index (κ2) is 4.31. The summed E-state index contributed by atoms with van der Waals surface area (Å²) in [4.78, 5) is 0. The number of hydrogen-bond acceptors (Lipinski definition) is 4. The van der Waals surface area contributed by atoms with E-state index >= 15 is 0 Å². The molecule has 3 rings (SSSR count). The molecule has 1 heterocycles. The van der Waals surface area contributed by atoms with Crippen molar-refractivity contribution in [2.45, 2.75) is 25.9 Å². The first-order valence-corrected chi connectivity index (χ1v) is 6.62. The average Bonchev–Trinajstić information content (AvgIpc) is 3.03. The molecule has 0 unspecified atom stereocenters. The number of aryl methyl sites for hydroxylation is 1. The molecule has 0 amide bonds. The molecule has 0 saturated heterocycles. The van der Waals surface area contributed by atoms with Gasteiger partial charge in [0.2, 0.25) is 5.88 Å². The van der Waals surface area contributed by atoms with Gasteiger partial charge < -0.3 is 15.0 Å². The number of anilines is 1. The molecule has 5 heteroatoms. The van der Waals surface area contributed by atoms with Gasteiger partial charge in [-0.15, -0.1) is 0 Å². The second-order valence-corrected chi connectivity index (χ2v) is 5.41. The fraction of sp³-hybridized carbons (Fsp3) is 0.308. The Morgan fingerprint density at radius 3 is 2.78 bits per heavy atom. The Bertz CT molecular complexity index is 591. The van der Waals surface area contributed by atoms with Crippen LogP contribution in [0.15, 0.2) is 27.2 Å². The van der Waals surface area contributed by atoms with E-state index in [9.17, 15) is 0 Å². The van der Waals surface area contributed by atoms with E-state index in [2.05, 4.69) is 21.1 Å². The maximum Gasteiger partial charge on any atom is 0.222 e. The first-order valence-electron chi connectivity index (χ1n) is 5.83. The van der Waals surface area contributed by atoms with Crippen LogP contribution in [0.4, 0.5) is 5.88 Å². The SMILES string of the molecule is Cc1cc(Br)c(OC2CC2)c(-c2cc(N)on2)c1. The highest BCUT2D eigenvalue weighted by Gasteiger charge is 2.26. The highest BCUT2D eigenvalue weighted by atomic mass is 79.9. The third kappa shape index (κ3) is 2.22. The molecule has 1 aromatic carbocycles. The van der Waals surface area contributed by atoms with Gasteiger partial charge in [-0.25, -0.2) is 0 Å². The summed E-state index contributed by atoms with van der Waals surface area (Å²) in [6, 6.07) is 5.77. The largest absolute Gasteiger partial charge is 0.489 e. The Labute approximate surface area is 113 Å². The molecule has 1 fully saturated rings. The normalized spacial score (nSPS) is 14.8. The number of nitrogens with two attached hydrogens (primary N) is 1. The summed E-state index contributed by atoms with van der Waals surface area (Å²) in [6.07, 6.45) is 2.55. The minimum atomic E-state index is 0.306. The maximum atomic E-state index is 5.94. The fourth-order valence-corrected chi connectivity index (χ4v) is 2.48. The van der Waals surface area contributed by atoms with Gasteiger partial charge in [0.25, 0.3) is 0 Å². The van der Waals surface area contributed by atoms with Crippen molar-refractivity contribution in [3.63, 3.8) is 0 Å². The number of hydrogen-bond donors (Lipinski definition) is 1. The molecular weight excluding hydrogens is 296 g/mol. The van der Waals surface area contributed by atoms with Gasteiger partial charge in [0.15, 0.2) is 0 Å². The van der Waals surface area contributed by atoms with Crippen LogP contribution in [0.1, 0.15) is 18.4 Å². The Hall–Kier alpha value is -1.49. The van der Waals surface area contributed by atoms with Crippen LogP contribution < -0.4 is 10.5 Å². The number of benzene rings is 1. The van der Waals surface area contributed by atoms with E-state index in [1.807, 2.05) is 19.1 Å². The van der Waals surface area contributed by atoms with Crippen molar-refractivity contribution in [1.29, 1.82) is 0 Å². The molecule has 1 aliphatic rings. The number of ether oxygens (including phenoxy) is 1. The third-order valence-electron chi connectivity index (χ3n) is 2.80. The van der Waals surface area contributed by atoms with Crippen LogP contribution in [0.3, 0.4) is 0 Å². The molecule has 94 valence electrons. The zero-order chi connectivity index (χ0) is 12.7. The predicted molar refractivity (Wildman–Crippen MR) is 72.4 cm³/mol. The molecule has 2 N–H and O–H groups in total. The van der Waals surface area contributed by atoms with Crippen molar-refractivity contribution < 1.29 is 9.26 Å². The minimum absolute atomic E-state index is 0.306. The Morgan fingerprint density at radius 2 is 2.17 bits per heavy atom. The monoisotopic (exact) mass is 308 g/mol. The van der Waals surface area contributed by atoms with Crippen LogP contribution >= 0.6 is 15.9 Å². The van der Waals surface area contributed by atoms with Crippen LogP contribution in [-0.2, 0) is 0 Å². The number of rotatable bonds is 3. The third-order valence-corrected chi connectivity index (χ3v) is 3.39. The van der Waals surface area contributed by atoms with Crippen LogP contribution in [0.2, 0.25) is 0 Å². The average molecular weight is 309 g/mol. The van der Waals surface area contributed by atoms with Crippen molar-refractivity contribution in [2.75, 3.05) is 5.73 Å². The Morgan fingerprint density at radius 1 is 1.39 bits per heavy atom. The summed E-state index contributed by atoms with van der Waals surface area (Å²) >= 11 is 3.54. The van der Waals surface area contributed by atoms with E-state index in [1.54, 1.807) is 6.07 Å². The van der Waals surface area contributed by atoms with Crippen LogP contribution in [0.25, 0.3) is 11.3 Å². The molecule has 1 saturated carbocycles. The molecule has 0 spiro atoms. The topological polar surface area (TPSA) is 61.3 Å². The molecule has 1 aromatic heterocycles. The molecule has 0 radical (unpaired) electrons. The highest BCUT2D eigenvalue weighted by Crippen LogP contribution is 2.40. The number of aromatic nitrogens is 1. The lowest BCUT2D eigenvalue weighted by molar-refractivity contribution is 0.302. The molecular formula is C13H13BrN2O2. The first-order chi connectivity index (χ1) is 8.63. The molecule has 2 aromatic rings. The Kier molecular flexibility index (Phi) is 2.78. The molecule has 18 heavy (non-hydrogen) atoms. The highest BCUT2D eigenvalue weighted by molar-refractivity contribution is 9.10. The zero-order valence-corrected chi connectivity index (χ0v) is 11.5. The summed E-state index contributed by atoms with van der Waals surface area (Å²) in [7, 11) is 0. The van der Waals surface area contributed by atoms with Gasteiger partial charge >= 0.3 is 0 Å². The van der Waals surface area contributed by atoms with Crippen molar-refractivity contribution in [3.8, 4) is 17.0 Å². The number of nitrogen functional groups attached to an aromatic ring is 1. The Balaban J connectivity index is 2.09. The summed E-state index contributed by atoms with van der Waals surface area (Å²) < 4.78 is 11.8. The van der Waals surface area contributed by atoms with Gasteiger partial charge in [-0.3, -0.25) is 0 Å². The van der Waals surface area contributed by atoms with Crippen molar-refractivity contribution in [2.24, 2.45) is 0 Å². The second-order valence-electron chi connectivity index (χ2n) is 4.56. The van der Waals surface area contributed by atoms with E-state index in [4.69, 9.17) is 15.0 Å². The lowest BCUT2D eigenvalue weighted by atomic mass is 10.1. The molecule has 0 aliphatic heterocycles. The van der Waals surface area contributed by atoms with Gasteiger partial charge in [0.1, 0.15) is 11.4 Å². The van der Waals surface area contributed by atoms with Gasteiger partial charge in [-0.05, 0) is 53.4 Å². The number of nitrogens with zero attached hydrogens (tertiary/aromatic N) is 1. The molecule has 0 bridgehead atoms. The first kappa shape index (κ1) is 11.6. The van der Waals surface area contributed by atoms with Crippen LogP contribution in [0.5, 0.6) is 5.75 Å². The lowest BCUT2D eigenvalue weighted by Crippen LogP contribution is -1.99. The van der Waals surface area contributed by atoms with Gasteiger partial charge in [-0.2, -0.15) is 0 Å². The van der Waals surface area contributed by atoms with Crippen molar-refractivity contribution in [3.05, 3.63) is 28.2 Å². The van der Waals surface area contributed by atoms with E-state index in [-0.39, 0.29) is 0 Å². The summed E-state index contributed by atoms with van der Waals surface area (Å²) in [5.41, 5.74) is 8.31. The number of halogens is 1. The van der Waals surface area contributed by atoms with Gasteiger partial charge in [0.05, 0.1) is 10.6 Å².